The number of benzene rings is 1. The molecule has 1 aromatic rings. The second-order valence-corrected chi connectivity index (χ2v) is 7.23. The molecule has 1 fully saturated rings. The molecule has 24 heavy (non-hydrogen) atoms. The molecule has 0 radical (unpaired) electrons. The molecule has 2 aliphatic rings. The third kappa shape index (κ3) is 3.51. The number of carbonyl (C=O) groups is 1. The highest BCUT2D eigenvalue weighted by Crippen LogP contribution is 2.35. The van der Waals surface area contributed by atoms with Crippen LogP contribution in [0.5, 0.6) is 5.75 Å². The summed E-state index contributed by atoms with van der Waals surface area (Å²) < 4.78 is 5.61. The lowest BCUT2D eigenvalue weighted by molar-refractivity contribution is -0.00501. The maximum Gasteiger partial charge on any atom is 0.317 e. The number of amides is 2. The molecular formula is C19H28N2O3. The topological polar surface area (TPSA) is 61.8 Å². The molecule has 3 rings (SSSR count). The van der Waals surface area contributed by atoms with Gasteiger partial charge in [-0.1, -0.05) is 12.1 Å². The minimum atomic E-state index is -0.127. The van der Waals surface area contributed by atoms with Crippen molar-refractivity contribution in [1.82, 2.24) is 10.2 Å². The maximum absolute atomic E-state index is 12.7. The van der Waals surface area contributed by atoms with E-state index < -0.39 is 0 Å². The standard InChI is InChI=1S/C19H28N2O3/c1-19(24-2)10-5-12-21(13-11-19)18(23)20-16-8-3-7-15-14(16)6-4-9-17(15)22/h4,6,9,16,22H,3,5,7-8,10-13H2,1-2H3,(H,20,23)/t16-,19+/m0/s1. The van der Waals surface area contributed by atoms with Gasteiger partial charge in [-0.2, -0.15) is 0 Å². The van der Waals surface area contributed by atoms with E-state index in [-0.39, 0.29) is 17.7 Å². The third-order valence-corrected chi connectivity index (χ3v) is 5.60. The number of methoxy groups -OCH3 is 1. The normalized spacial score (nSPS) is 27.2. The lowest BCUT2D eigenvalue weighted by Crippen LogP contribution is -2.43. The van der Waals surface area contributed by atoms with Crippen LogP contribution in [0.2, 0.25) is 0 Å². The number of fused-ring (bicyclic) bond motifs is 1. The summed E-state index contributed by atoms with van der Waals surface area (Å²) in [6.45, 7) is 3.61. The van der Waals surface area contributed by atoms with Crippen molar-refractivity contribution in [1.29, 1.82) is 0 Å². The summed E-state index contributed by atoms with van der Waals surface area (Å²) in [6, 6.07) is 5.59. The van der Waals surface area contributed by atoms with E-state index in [2.05, 4.69) is 12.2 Å². The van der Waals surface area contributed by atoms with Crippen molar-refractivity contribution >= 4 is 6.03 Å². The van der Waals surface area contributed by atoms with Crippen LogP contribution >= 0.6 is 0 Å². The van der Waals surface area contributed by atoms with E-state index in [1.165, 1.54) is 0 Å². The molecule has 132 valence electrons. The van der Waals surface area contributed by atoms with Gasteiger partial charge in [0.05, 0.1) is 11.6 Å². The van der Waals surface area contributed by atoms with E-state index in [1.54, 1.807) is 13.2 Å². The van der Waals surface area contributed by atoms with Crippen LogP contribution in [-0.2, 0) is 11.2 Å². The largest absolute Gasteiger partial charge is 0.508 e. The van der Waals surface area contributed by atoms with Crippen molar-refractivity contribution in [3.8, 4) is 5.75 Å². The van der Waals surface area contributed by atoms with Crippen LogP contribution in [-0.4, -0.2) is 41.8 Å². The average molecular weight is 332 g/mol. The number of phenols is 1. The fraction of sp³-hybridized carbons (Fsp3) is 0.632. The molecule has 2 N–H and O–H groups in total. The monoisotopic (exact) mass is 332 g/mol. The van der Waals surface area contributed by atoms with E-state index in [9.17, 15) is 9.90 Å². The summed E-state index contributed by atoms with van der Waals surface area (Å²) in [7, 11) is 1.75. The molecule has 2 amide bonds. The van der Waals surface area contributed by atoms with Crippen LogP contribution in [0.3, 0.4) is 0 Å². The number of rotatable bonds is 2. The fourth-order valence-corrected chi connectivity index (χ4v) is 3.88. The molecule has 1 aromatic carbocycles. The highest BCUT2D eigenvalue weighted by Gasteiger charge is 2.30. The van der Waals surface area contributed by atoms with Crippen LogP contribution in [0.15, 0.2) is 18.2 Å². The zero-order valence-electron chi connectivity index (χ0n) is 14.7. The molecular weight excluding hydrogens is 304 g/mol. The quantitative estimate of drug-likeness (QED) is 0.873. The van der Waals surface area contributed by atoms with Crippen molar-refractivity contribution in [2.45, 2.75) is 57.1 Å². The Morgan fingerprint density at radius 1 is 1.33 bits per heavy atom. The highest BCUT2D eigenvalue weighted by atomic mass is 16.5. The second-order valence-electron chi connectivity index (χ2n) is 7.23. The number of ether oxygens (including phenoxy) is 1. The molecule has 0 aromatic heterocycles. The second kappa shape index (κ2) is 7.01. The Bertz CT molecular complexity index is 604. The number of hydrogen-bond acceptors (Lipinski definition) is 3. The summed E-state index contributed by atoms with van der Waals surface area (Å²) in [6.07, 6.45) is 5.58. The molecule has 0 spiro atoms. The molecule has 1 heterocycles. The first-order valence-corrected chi connectivity index (χ1v) is 8.94. The van der Waals surface area contributed by atoms with Gasteiger partial charge in [0.25, 0.3) is 0 Å². The minimum absolute atomic E-state index is 0.00320. The Balaban J connectivity index is 1.67. The van der Waals surface area contributed by atoms with Crippen LogP contribution in [0, 0.1) is 0 Å². The number of nitrogens with one attached hydrogen (secondary N) is 1. The van der Waals surface area contributed by atoms with E-state index in [4.69, 9.17) is 4.74 Å². The predicted octanol–water partition coefficient (Wildman–Crippen LogP) is 3.37. The Morgan fingerprint density at radius 3 is 2.96 bits per heavy atom. The Morgan fingerprint density at radius 2 is 2.17 bits per heavy atom. The van der Waals surface area contributed by atoms with Gasteiger partial charge in [-0.05, 0) is 62.6 Å². The number of hydrogen-bond donors (Lipinski definition) is 2. The summed E-state index contributed by atoms with van der Waals surface area (Å²) >= 11 is 0. The summed E-state index contributed by atoms with van der Waals surface area (Å²) in [4.78, 5) is 14.6. The first kappa shape index (κ1) is 17.1. The number of aromatic hydroxyl groups is 1. The van der Waals surface area contributed by atoms with E-state index in [0.29, 0.717) is 5.75 Å². The first-order chi connectivity index (χ1) is 11.5. The molecule has 0 unspecified atom stereocenters. The highest BCUT2D eigenvalue weighted by molar-refractivity contribution is 5.75. The SMILES string of the molecule is CO[C@]1(C)CCCN(C(=O)N[C@H]2CCCc3c(O)cccc32)CC1. The van der Waals surface area contributed by atoms with Crippen molar-refractivity contribution in [3.05, 3.63) is 29.3 Å². The summed E-state index contributed by atoms with van der Waals surface area (Å²) in [5.41, 5.74) is 1.92. The van der Waals surface area contributed by atoms with Gasteiger partial charge in [0.1, 0.15) is 5.75 Å². The van der Waals surface area contributed by atoms with Crippen LogP contribution < -0.4 is 5.32 Å². The minimum Gasteiger partial charge on any atom is -0.508 e. The zero-order valence-corrected chi connectivity index (χ0v) is 14.7. The van der Waals surface area contributed by atoms with Gasteiger partial charge < -0.3 is 20.1 Å². The van der Waals surface area contributed by atoms with Gasteiger partial charge in [-0.3, -0.25) is 0 Å². The number of likely N-dealkylation sites (tertiary alicyclic amines) is 1. The van der Waals surface area contributed by atoms with Gasteiger partial charge >= 0.3 is 6.03 Å². The summed E-state index contributed by atoms with van der Waals surface area (Å²) in [5.74, 6) is 0.345. The Hall–Kier alpha value is -1.75. The molecule has 0 bridgehead atoms. The third-order valence-electron chi connectivity index (χ3n) is 5.60. The first-order valence-electron chi connectivity index (χ1n) is 8.94. The van der Waals surface area contributed by atoms with Crippen LogP contribution in [0.1, 0.15) is 56.2 Å². The number of phenolic OH excluding ortho intramolecular Hbond substituents is 1. The number of nitrogens with zero attached hydrogens (tertiary/aromatic N) is 1. The molecule has 5 nitrogen and oxygen atoms in total. The van der Waals surface area contributed by atoms with Gasteiger partial charge in [0.15, 0.2) is 0 Å². The van der Waals surface area contributed by atoms with E-state index in [0.717, 1.165) is 62.7 Å². The summed E-state index contributed by atoms with van der Waals surface area (Å²) in [5, 5.41) is 13.2. The van der Waals surface area contributed by atoms with Crippen molar-refractivity contribution < 1.29 is 14.6 Å². The van der Waals surface area contributed by atoms with Crippen molar-refractivity contribution in [2.24, 2.45) is 0 Å². The van der Waals surface area contributed by atoms with Gasteiger partial charge in [0.2, 0.25) is 0 Å². The Kier molecular flexibility index (Phi) is 4.99. The molecule has 2 atom stereocenters. The molecule has 1 aliphatic heterocycles. The number of urea groups is 1. The van der Waals surface area contributed by atoms with Crippen LogP contribution in [0.4, 0.5) is 4.79 Å². The maximum atomic E-state index is 12.7. The van der Waals surface area contributed by atoms with Gasteiger partial charge in [0, 0.05) is 20.2 Å². The van der Waals surface area contributed by atoms with Gasteiger partial charge in [-0.25, -0.2) is 4.79 Å². The zero-order chi connectivity index (χ0) is 17.2. The Labute approximate surface area is 144 Å². The van der Waals surface area contributed by atoms with Crippen molar-refractivity contribution in [2.75, 3.05) is 20.2 Å². The average Bonchev–Trinajstić information content (AvgIpc) is 2.78. The number of carbonyl (C=O) groups excluding carboxylic acids is 1. The predicted molar refractivity (Wildman–Crippen MR) is 93.2 cm³/mol. The fourth-order valence-electron chi connectivity index (χ4n) is 3.88. The lowest BCUT2D eigenvalue weighted by atomic mass is 9.87. The van der Waals surface area contributed by atoms with E-state index >= 15 is 0 Å². The molecule has 0 saturated carbocycles. The lowest BCUT2D eigenvalue weighted by Gasteiger charge is -2.30. The van der Waals surface area contributed by atoms with E-state index in [1.807, 2.05) is 17.0 Å². The molecule has 1 aliphatic carbocycles. The molecule has 1 saturated heterocycles. The van der Waals surface area contributed by atoms with Crippen LogP contribution in [0.25, 0.3) is 0 Å². The smallest absolute Gasteiger partial charge is 0.317 e. The molecule has 5 heteroatoms. The van der Waals surface area contributed by atoms with Crippen molar-refractivity contribution in [3.63, 3.8) is 0 Å². The van der Waals surface area contributed by atoms with Gasteiger partial charge in [-0.15, -0.1) is 0 Å².